The van der Waals surface area contributed by atoms with Crippen molar-refractivity contribution in [3.63, 3.8) is 0 Å². The van der Waals surface area contributed by atoms with Gasteiger partial charge in [0, 0.05) is 5.56 Å². The van der Waals surface area contributed by atoms with Gasteiger partial charge in [0.05, 0.1) is 6.10 Å². The van der Waals surface area contributed by atoms with Gasteiger partial charge in [-0.05, 0) is 18.6 Å². The van der Waals surface area contributed by atoms with Gasteiger partial charge in [0.1, 0.15) is 12.4 Å². The van der Waals surface area contributed by atoms with E-state index in [2.05, 4.69) is 0 Å². The summed E-state index contributed by atoms with van der Waals surface area (Å²) in [6, 6.07) is 17.6. The lowest BCUT2D eigenvalue weighted by molar-refractivity contribution is 0.190. The highest BCUT2D eigenvalue weighted by Gasteiger charge is 2.07. The van der Waals surface area contributed by atoms with Crippen molar-refractivity contribution in [1.29, 1.82) is 0 Å². The highest BCUT2D eigenvalue weighted by Crippen LogP contribution is 2.25. The first-order valence-electron chi connectivity index (χ1n) is 5.71. The summed E-state index contributed by atoms with van der Waals surface area (Å²) in [5.74, 6) is 0.742. The Morgan fingerprint density at radius 3 is 2.35 bits per heavy atom. The lowest BCUT2D eigenvalue weighted by Crippen LogP contribution is -2.00. The smallest absolute Gasteiger partial charge is 0.125 e. The van der Waals surface area contributed by atoms with Crippen LogP contribution in [0.15, 0.2) is 54.6 Å². The highest BCUT2D eigenvalue weighted by atomic mass is 16.5. The Hall–Kier alpha value is -1.80. The summed E-state index contributed by atoms with van der Waals surface area (Å²) in [5.41, 5.74) is 1.94. The van der Waals surface area contributed by atoms with Gasteiger partial charge in [-0.2, -0.15) is 0 Å². The quantitative estimate of drug-likeness (QED) is 0.869. The minimum absolute atomic E-state index is 0.512. The lowest BCUT2D eigenvalue weighted by atomic mass is 10.1. The van der Waals surface area contributed by atoms with Crippen molar-refractivity contribution in [2.75, 3.05) is 0 Å². The van der Waals surface area contributed by atoms with Crippen molar-refractivity contribution >= 4 is 0 Å². The van der Waals surface area contributed by atoms with E-state index in [4.69, 9.17) is 4.74 Å². The number of hydrogen-bond acceptors (Lipinski definition) is 2. The number of aliphatic hydroxyl groups excluding tert-OH is 1. The molecule has 0 heterocycles. The van der Waals surface area contributed by atoms with E-state index in [1.807, 2.05) is 54.6 Å². The molecular formula is C15H16O2. The largest absolute Gasteiger partial charge is 0.489 e. The minimum Gasteiger partial charge on any atom is -0.489 e. The molecule has 2 heteroatoms. The Balaban J connectivity index is 2.09. The van der Waals surface area contributed by atoms with Gasteiger partial charge in [-0.25, -0.2) is 0 Å². The Labute approximate surface area is 101 Å². The van der Waals surface area contributed by atoms with Gasteiger partial charge in [-0.1, -0.05) is 48.5 Å². The zero-order valence-corrected chi connectivity index (χ0v) is 9.84. The Morgan fingerprint density at radius 1 is 1.00 bits per heavy atom. The molecular weight excluding hydrogens is 212 g/mol. The molecule has 0 amide bonds. The van der Waals surface area contributed by atoms with Crippen LogP contribution in [0.2, 0.25) is 0 Å². The summed E-state index contributed by atoms with van der Waals surface area (Å²) in [5, 5.41) is 9.62. The van der Waals surface area contributed by atoms with Crippen LogP contribution in [0.5, 0.6) is 5.75 Å². The summed E-state index contributed by atoms with van der Waals surface area (Å²) in [6.07, 6.45) is -0.512. The van der Waals surface area contributed by atoms with Crippen LogP contribution < -0.4 is 4.74 Å². The lowest BCUT2D eigenvalue weighted by Gasteiger charge is -2.13. The van der Waals surface area contributed by atoms with Crippen molar-refractivity contribution in [2.45, 2.75) is 19.6 Å². The molecule has 0 fully saturated rings. The van der Waals surface area contributed by atoms with Gasteiger partial charge >= 0.3 is 0 Å². The zero-order chi connectivity index (χ0) is 12.1. The topological polar surface area (TPSA) is 29.5 Å². The van der Waals surface area contributed by atoms with Gasteiger partial charge in [0.25, 0.3) is 0 Å². The van der Waals surface area contributed by atoms with Crippen LogP contribution >= 0.6 is 0 Å². The van der Waals surface area contributed by atoms with Crippen LogP contribution in [-0.2, 0) is 6.61 Å². The standard InChI is InChI=1S/C15H16O2/c1-12(16)14-9-5-6-10-15(14)17-11-13-7-3-2-4-8-13/h2-10,12,16H,11H2,1H3/t12-/m0/s1. The second-order valence-electron chi connectivity index (χ2n) is 3.99. The minimum atomic E-state index is -0.512. The average Bonchev–Trinajstić information content (AvgIpc) is 2.38. The van der Waals surface area contributed by atoms with Crippen molar-refractivity contribution in [2.24, 2.45) is 0 Å². The maximum absolute atomic E-state index is 9.62. The Bertz CT molecular complexity index is 463. The average molecular weight is 228 g/mol. The van der Waals surface area contributed by atoms with Crippen molar-refractivity contribution < 1.29 is 9.84 Å². The molecule has 0 radical (unpaired) electrons. The third-order valence-corrected chi connectivity index (χ3v) is 2.61. The summed E-state index contributed by atoms with van der Waals surface area (Å²) >= 11 is 0. The number of hydrogen-bond donors (Lipinski definition) is 1. The third kappa shape index (κ3) is 3.08. The zero-order valence-electron chi connectivity index (χ0n) is 9.84. The molecule has 0 aliphatic heterocycles. The van der Waals surface area contributed by atoms with Gasteiger partial charge in [0.2, 0.25) is 0 Å². The van der Waals surface area contributed by atoms with Crippen LogP contribution in [0, 0.1) is 0 Å². The molecule has 17 heavy (non-hydrogen) atoms. The molecule has 0 aromatic heterocycles. The van der Waals surface area contributed by atoms with Crippen molar-refractivity contribution in [3.8, 4) is 5.75 Å². The number of ether oxygens (including phenoxy) is 1. The highest BCUT2D eigenvalue weighted by molar-refractivity contribution is 5.35. The molecule has 0 spiro atoms. The van der Waals surface area contributed by atoms with Gasteiger partial charge < -0.3 is 9.84 Å². The number of para-hydroxylation sites is 1. The SMILES string of the molecule is C[C@H](O)c1ccccc1OCc1ccccc1. The maximum atomic E-state index is 9.62. The second-order valence-corrected chi connectivity index (χ2v) is 3.99. The molecule has 0 bridgehead atoms. The first-order valence-corrected chi connectivity index (χ1v) is 5.71. The summed E-state index contributed by atoms with van der Waals surface area (Å²) in [7, 11) is 0. The van der Waals surface area contributed by atoms with Crippen LogP contribution in [0.25, 0.3) is 0 Å². The van der Waals surface area contributed by atoms with E-state index >= 15 is 0 Å². The Morgan fingerprint density at radius 2 is 1.65 bits per heavy atom. The molecule has 0 saturated heterocycles. The number of benzene rings is 2. The van der Waals surface area contributed by atoms with Crippen molar-refractivity contribution in [3.05, 3.63) is 65.7 Å². The summed E-state index contributed by atoms with van der Waals surface area (Å²) in [6.45, 7) is 2.26. The fourth-order valence-electron chi connectivity index (χ4n) is 1.69. The van der Waals surface area contributed by atoms with Crippen LogP contribution in [-0.4, -0.2) is 5.11 Å². The summed E-state index contributed by atoms with van der Waals surface area (Å²) < 4.78 is 5.72. The van der Waals surface area contributed by atoms with Crippen LogP contribution in [0.1, 0.15) is 24.2 Å². The van der Waals surface area contributed by atoms with Gasteiger partial charge in [-0.15, -0.1) is 0 Å². The maximum Gasteiger partial charge on any atom is 0.125 e. The van der Waals surface area contributed by atoms with E-state index in [0.29, 0.717) is 6.61 Å². The first-order chi connectivity index (χ1) is 8.27. The fraction of sp³-hybridized carbons (Fsp3) is 0.200. The van der Waals surface area contributed by atoms with E-state index in [9.17, 15) is 5.11 Å². The molecule has 1 N–H and O–H groups in total. The molecule has 0 aliphatic rings. The molecule has 0 saturated carbocycles. The molecule has 2 aromatic rings. The van der Waals surface area contributed by atoms with Crippen molar-refractivity contribution in [1.82, 2.24) is 0 Å². The molecule has 1 atom stereocenters. The molecule has 0 aliphatic carbocycles. The molecule has 0 unspecified atom stereocenters. The summed E-state index contributed by atoms with van der Waals surface area (Å²) in [4.78, 5) is 0. The molecule has 88 valence electrons. The normalized spacial score (nSPS) is 12.1. The predicted octanol–water partition coefficient (Wildman–Crippen LogP) is 3.32. The molecule has 2 aromatic carbocycles. The molecule has 2 rings (SSSR count). The van der Waals surface area contributed by atoms with Gasteiger partial charge in [-0.3, -0.25) is 0 Å². The fourth-order valence-corrected chi connectivity index (χ4v) is 1.69. The van der Waals surface area contributed by atoms with E-state index in [1.54, 1.807) is 6.92 Å². The first kappa shape index (κ1) is 11.7. The monoisotopic (exact) mass is 228 g/mol. The van der Waals surface area contributed by atoms with E-state index < -0.39 is 6.10 Å². The van der Waals surface area contributed by atoms with Crippen LogP contribution in [0.3, 0.4) is 0 Å². The van der Waals surface area contributed by atoms with E-state index in [-0.39, 0.29) is 0 Å². The number of rotatable bonds is 4. The van der Waals surface area contributed by atoms with E-state index in [0.717, 1.165) is 16.9 Å². The van der Waals surface area contributed by atoms with Gasteiger partial charge in [0.15, 0.2) is 0 Å². The van der Waals surface area contributed by atoms with E-state index in [1.165, 1.54) is 0 Å². The predicted molar refractivity (Wildman–Crippen MR) is 67.8 cm³/mol. The van der Waals surface area contributed by atoms with Crippen LogP contribution in [0.4, 0.5) is 0 Å². The third-order valence-electron chi connectivity index (χ3n) is 2.61. The Kier molecular flexibility index (Phi) is 3.78. The second kappa shape index (κ2) is 5.51. The molecule has 2 nitrogen and oxygen atoms in total. The number of aliphatic hydroxyl groups is 1.